The van der Waals surface area contributed by atoms with Crippen LogP contribution in [0.25, 0.3) is 0 Å². The fourth-order valence-corrected chi connectivity index (χ4v) is 2.81. The van der Waals surface area contributed by atoms with Crippen molar-refractivity contribution >= 4 is 34.8 Å². The number of primary amides is 1. The van der Waals surface area contributed by atoms with Crippen molar-refractivity contribution in [3.8, 4) is 5.75 Å². The van der Waals surface area contributed by atoms with Crippen molar-refractivity contribution in [2.24, 2.45) is 5.73 Å². The summed E-state index contributed by atoms with van der Waals surface area (Å²) in [5.74, 6) is -0.0281. The van der Waals surface area contributed by atoms with Gasteiger partial charge in [-0.15, -0.1) is 11.3 Å². The highest BCUT2D eigenvalue weighted by atomic mass is 35.5. The van der Waals surface area contributed by atoms with Crippen molar-refractivity contribution in [2.75, 3.05) is 6.61 Å². The first-order valence-corrected chi connectivity index (χ1v) is 7.73. The van der Waals surface area contributed by atoms with Gasteiger partial charge in [-0.25, -0.2) is 0 Å². The van der Waals surface area contributed by atoms with Crippen LogP contribution in [0.3, 0.4) is 0 Å². The third-order valence-corrected chi connectivity index (χ3v) is 3.99. The number of carbonyl (C=O) groups excluding carboxylic acids is 2. The number of halogens is 1. The third-order valence-electron chi connectivity index (χ3n) is 2.76. The Kier molecular flexibility index (Phi) is 5.80. The van der Waals surface area contributed by atoms with E-state index in [2.05, 4.69) is 5.32 Å². The Morgan fingerprint density at radius 2 is 1.91 bits per heavy atom. The predicted octanol–water partition coefficient (Wildman–Crippen LogP) is 2.12. The zero-order valence-corrected chi connectivity index (χ0v) is 13.2. The molecule has 1 heterocycles. The van der Waals surface area contributed by atoms with Crippen LogP contribution in [-0.4, -0.2) is 18.4 Å². The van der Waals surface area contributed by atoms with Gasteiger partial charge in [0.25, 0.3) is 5.91 Å². The van der Waals surface area contributed by atoms with Crippen LogP contribution in [0.4, 0.5) is 0 Å². The van der Waals surface area contributed by atoms with Crippen LogP contribution in [0, 0.1) is 0 Å². The van der Waals surface area contributed by atoms with Crippen LogP contribution >= 0.6 is 22.9 Å². The lowest BCUT2D eigenvalue weighted by Crippen LogP contribution is -2.24. The van der Waals surface area contributed by atoms with Gasteiger partial charge in [-0.1, -0.05) is 23.7 Å². The fourth-order valence-electron chi connectivity index (χ4n) is 1.73. The molecular weight excluding hydrogens is 324 g/mol. The predicted molar refractivity (Wildman–Crippen MR) is 86.0 cm³/mol. The Balaban J connectivity index is 1.78. The molecule has 0 fully saturated rings. The summed E-state index contributed by atoms with van der Waals surface area (Å²) in [6, 6.07) is 10.7. The van der Waals surface area contributed by atoms with Crippen molar-refractivity contribution in [1.29, 1.82) is 0 Å². The molecule has 0 saturated heterocycles. The number of ether oxygens (including phenoxy) is 1. The average Bonchev–Trinajstić information content (AvgIpc) is 2.89. The molecule has 22 heavy (non-hydrogen) atoms. The summed E-state index contributed by atoms with van der Waals surface area (Å²) in [6.07, 6.45) is 0.317. The van der Waals surface area contributed by atoms with Crippen molar-refractivity contribution in [3.63, 3.8) is 0 Å². The fraction of sp³-hybridized carbons (Fsp3) is 0.200. The van der Waals surface area contributed by atoms with Crippen molar-refractivity contribution in [3.05, 3.63) is 51.2 Å². The average molecular weight is 339 g/mol. The summed E-state index contributed by atoms with van der Waals surface area (Å²) in [7, 11) is 0. The van der Waals surface area contributed by atoms with Crippen LogP contribution in [-0.2, 0) is 22.6 Å². The largest absolute Gasteiger partial charge is 0.484 e. The van der Waals surface area contributed by atoms with Crippen LogP contribution in [0.15, 0.2) is 36.4 Å². The van der Waals surface area contributed by atoms with Gasteiger partial charge in [-0.05, 0) is 29.8 Å². The van der Waals surface area contributed by atoms with Gasteiger partial charge in [-0.2, -0.15) is 0 Å². The molecule has 5 nitrogen and oxygen atoms in total. The molecule has 1 aromatic carbocycles. The molecule has 0 aliphatic carbocycles. The van der Waals surface area contributed by atoms with Gasteiger partial charge in [-0.3, -0.25) is 9.59 Å². The van der Waals surface area contributed by atoms with Crippen LogP contribution in [0.2, 0.25) is 4.34 Å². The molecule has 0 bridgehead atoms. The van der Waals surface area contributed by atoms with Gasteiger partial charge >= 0.3 is 0 Å². The maximum atomic E-state index is 11.8. The zero-order chi connectivity index (χ0) is 15.9. The van der Waals surface area contributed by atoms with Gasteiger partial charge in [0.1, 0.15) is 5.75 Å². The number of rotatable bonds is 7. The molecule has 0 aliphatic rings. The molecular formula is C15H15ClN2O3S. The molecule has 7 heteroatoms. The summed E-state index contributed by atoms with van der Waals surface area (Å²) in [6.45, 7) is 0.271. The smallest absolute Gasteiger partial charge is 0.255 e. The van der Waals surface area contributed by atoms with Gasteiger partial charge in [0.15, 0.2) is 6.61 Å². The van der Waals surface area contributed by atoms with E-state index in [1.165, 1.54) is 11.3 Å². The molecule has 0 radical (unpaired) electrons. The lowest BCUT2D eigenvalue weighted by Gasteiger charge is -2.07. The molecule has 116 valence electrons. The Hall–Kier alpha value is -2.05. The van der Waals surface area contributed by atoms with E-state index < -0.39 is 5.91 Å². The lowest BCUT2D eigenvalue weighted by atomic mass is 10.2. The van der Waals surface area contributed by atoms with E-state index in [-0.39, 0.29) is 12.5 Å². The molecule has 2 rings (SSSR count). The number of nitrogens with two attached hydrogens (primary N) is 1. The van der Waals surface area contributed by atoms with Crippen molar-refractivity contribution < 1.29 is 14.3 Å². The van der Waals surface area contributed by atoms with Crippen LogP contribution in [0.5, 0.6) is 5.75 Å². The summed E-state index contributed by atoms with van der Waals surface area (Å²) in [5, 5.41) is 2.84. The van der Waals surface area contributed by atoms with Gasteiger partial charge in [0, 0.05) is 11.4 Å². The normalized spacial score (nSPS) is 10.2. The highest BCUT2D eigenvalue weighted by Gasteiger charge is 2.06. The second-order valence-corrected chi connectivity index (χ2v) is 6.36. The third kappa shape index (κ3) is 5.38. The Labute approximate surface area is 137 Å². The highest BCUT2D eigenvalue weighted by molar-refractivity contribution is 7.16. The molecule has 0 spiro atoms. The van der Waals surface area contributed by atoms with E-state index in [0.29, 0.717) is 23.1 Å². The molecule has 0 unspecified atom stereocenters. The number of nitrogens with one attached hydrogen (secondary N) is 1. The minimum atomic E-state index is -0.523. The minimum absolute atomic E-state index is 0.0624. The minimum Gasteiger partial charge on any atom is -0.484 e. The Bertz CT molecular complexity index is 655. The number of hydrogen-bond acceptors (Lipinski definition) is 4. The van der Waals surface area contributed by atoms with E-state index in [9.17, 15) is 9.59 Å². The van der Waals surface area contributed by atoms with E-state index in [1.54, 1.807) is 18.2 Å². The standard InChI is InChI=1S/C15H15ClN2O3S/c16-13-6-5-12(22-13)7-15(20)18-8-10-1-3-11(4-2-10)21-9-14(17)19/h1-6H,7-9H2,(H2,17,19)(H,18,20). The molecule has 0 aliphatic heterocycles. The Morgan fingerprint density at radius 3 is 2.50 bits per heavy atom. The first-order chi connectivity index (χ1) is 10.5. The first kappa shape index (κ1) is 16.3. The number of benzene rings is 1. The Morgan fingerprint density at radius 1 is 1.18 bits per heavy atom. The summed E-state index contributed by atoms with van der Waals surface area (Å²) in [5.41, 5.74) is 5.93. The van der Waals surface area contributed by atoms with Gasteiger partial charge in [0.05, 0.1) is 10.8 Å². The second kappa shape index (κ2) is 7.82. The number of hydrogen-bond donors (Lipinski definition) is 2. The van der Waals surface area contributed by atoms with Gasteiger partial charge in [0.2, 0.25) is 5.91 Å². The first-order valence-electron chi connectivity index (χ1n) is 6.54. The van der Waals surface area contributed by atoms with Crippen LogP contribution < -0.4 is 15.8 Å². The highest BCUT2D eigenvalue weighted by Crippen LogP contribution is 2.21. The second-order valence-electron chi connectivity index (χ2n) is 4.56. The van der Waals surface area contributed by atoms with E-state index >= 15 is 0 Å². The number of amides is 2. The van der Waals surface area contributed by atoms with Crippen molar-refractivity contribution in [1.82, 2.24) is 5.32 Å². The molecule has 2 amide bonds. The molecule has 2 aromatic rings. The van der Waals surface area contributed by atoms with Gasteiger partial charge < -0.3 is 15.8 Å². The van der Waals surface area contributed by atoms with Crippen molar-refractivity contribution in [2.45, 2.75) is 13.0 Å². The van der Waals surface area contributed by atoms with E-state index in [1.807, 2.05) is 18.2 Å². The van der Waals surface area contributed by atoms with Crippen LogP contribution in [0.1, 0.15) is 10.4 Å². The monoisotopic (exact) mass is 338 g/mol. The number of carbonyl (C=O) groups is 2. The molecule has 0 saturated carbocycles. The van der Waals surface area contributed by atoms with E-state index in [0.717, 1.165) is 10.4 Å². The quantitative estimate of drug-likeness (QED) is 0.811. The zero-order valence-electron chi connectivity index (χ0n) is 11.7. The summed E-state index contributed by atoms with van der Waals surface area (Å²) < 4.78 is 5.83. The summed E-state index contributed by atoms with van der Waals surface area (Å²) >= 11 is 7.22. The topological polar surface area (TPSA) is 81.4 Å². The maximum Gasteiger partial charge on any atom is 0.255 e. The maximum absolute atomic E-state index is 11.8. The summed E-state index contributed by atoms with van der Waals surface area (Å²) in [4.78, 5) is 23.4. The molecule has 3 N–H and O–H groups in total. The lowest BCUT2D eigenvalue weighted by molar-refractivity contribution is -0.121. The SMILES string of the molecule is NC(=O)COc1ccc(CNC(=O)Cc2ccc(Cl)s2)cc1. The molecule has 1 aromatic heterocycles. The molecule has 0 atom stereocenters. The van der Waals surface area contributed by atoms with E-state index in [4.69, 9.17) is 22.1 Å². The number of thiophene rings is 1.